The monoisotopic (exact) mass is 241 g/mol. The van der Waals surface area contributed by atoms with Gasteiger partial charge in [-0.2, -0.15) is 0 Å². The molecule has 1 aromatic rings. The quantitative estimate of drug-likeness (QED) is 0.708. The lowest BCUT2D eigenvalue weighted by Crippen LogP contribution is -2.43. The summed E-state index contributed by atoms with van der Waals surface area (Å²) in [5.74, 6) is -2.67. The first-order valence-corrected chi connectivity index (χ1v) is 4.85. The van der Waals surface area contributed by atoms with E-state index in [1.165, 1.54) is 12.1 Å². The van der Waals surface area contributed by atoms with Crippen molar-refractivity contribution < 1.29 is 24.2 Å². The molecule has 0 spiro atoms. The number of hydrogen-bond acceptors (Lipinski definition) is 3. The van der Waals surface area contributed by atoms with E-state index in [9.17, 15) is 14.0 Å². The van der Waals surface area contributed by atoms with Crippen molar-refractivity contribution in [2.24, 2.45) is 0 Å². The number of aryl methyl sites for hydroxylation is 1. The van der Waals surface area contributed by atoms with Crippen LogP contribution < -0.4 is 5.32 Å². The number of halogens is 1. The Balaban J connectivity index is 2.86. The Labute approximate surface area is 96.9 Å². The molecule has 3 N–H and O–H groups in total. The predicted octanol–water partition coefficient (Wildman–Crippen LogP) is 0.309. The van der Waals surface area contributed by atoms with Gasteiger partial charge >= 0.3 is 5.97 Å². The Hall–Kier alpha value is -1.95. The number of aliphatic hydroxyl groups is 1. The molecule has 0 unspecified atom stereocenters. The van der Waals surface area contributed by atoms with Crippen LogP contribution in [0.5, 0.6) is 0 Å². The average Bonchev–Trinajstić information content (AvgIpc) is 2.23. The van der Waals surface area contributed by atoms with Crippen molar-refractivity contribution in [3.8, 4) is 0 Å². The van der Waals surface area contributed by atoms with Gasteiger partial charge in [0.2, 0.25) is 0 Å². The molecular formula is C11H12FNO4. The van der Waals surface area contributed by atoms with E-state index in [2.05, 4.69) is 5.32 Å². The highest BCUT2D eigenvalue weighted by Crippen LogP contribution is 2.08. The van der Waals surface area contributed by atoms with Crippen molar-refractivity contribution in [1.29, 1.82) is 0 Å². The molecule has 0 heterocycles. The average molecular weight is 241 g/mol. The maximum absolute atomic E-state index is 13.0. The molecule has 0 bridgehead atoms. The second-order valence-corrected chi connectivity index (χ2v) is 3.56. The van der Waals surface area contributed by atoms with Gasteiger partial charge in [-0.3, -0.25) is 4.79 Å². The van der Waals surface area contributed by atoms with E-state index in [-0.39, 0.29) is 5.56 Å². The number of nitrogens with one attached hydrogen (secondary N) is 1. The molecule has 1 amide bonds. The standard InChI is InChI=1S/C11H12FNO4/c1-6-2-7(4-8(12)3-6)10(15)13-9(5-14)11(16)17/h2-4,9,14H,5H2,1H3,(H,13,15)(H,16,17)/t9-/m0/s1. The Morgan fingerprint density at radius 2 is 2.06 bits per heavy atom. The van der Waals surface area contributed by atoms with Crippen LogP contribution in [0.4, 0.5) is 4.39 Å². The van der Waals surface area contributed by atoms with Gasteiger partial charge in [0.25, 0.3) is 5.91 Å². The van der Waals surface area contributed by atoms with Crippen molar-refractivity contribution in [3.05, 3.63) is 35.1 Å². The maximum atomic E-state index is 13.0. The van der Waals surface area contributed by atoms with Crippen LogP contribution in [0.2, 0.25) is 0 Å². The van der Waals surface area contributed by atoms with E-state index in [0.717, 1.165) is 6.07 Å². The number of hydrogen-bond donors (Lipinski definition) is 3. The van der Waals surface area contributed by atoms with Gasteiger partial charge in [0.1, 0.15) is 5.82 Å². The molecule has 0 saturated heterocycles. The summed E-state index contributed by atoms with van der Waals surface area (Å²) < 4.78 is 13.0. The molecule has 6 heteroatoms. The molecule has 0 aromatic heterocycles. The van der Waals surface area contributed by atoms with Gasteiger partial charge in [-0.25, -0.2) is 9.18 Å². The zero-order chi connectivity index (χ0) is 13.0. The Morgan fingerprint density at radius 3 is 2.53 bits per heavy atom. The normalized spacial score (nSPS) is 11.9. The number of carbonyl (C=O) groups is 2. The number of carboxylic acid groups (broad SMARTS) is 1. The number of aliphatic hydroxyl groups excluding tert-OH is 1. The van der Waals surface area contributed by atoms with Gasteiger partial charge in [0, 0.05) is 5.56 Å². The molecule has 0 aliphatic heterocycles. The van der Waals surface area contributed by atoms with Crippen LogP contribution in [0.15, 0.2) is 18.2 Å². The number of carboxylic acids is 1. The van der Waals surface area contributed by atoms with E-state index in [1.807, 2.05) is 0 Å². The smallest absolute Gasteiger partial charge is 0.328 e. The zero-order valence-electron chi connectivity index (χ0n) is 9.11. The highest BCUT2D eigenvalue weighted by atomic mass is 19.1. The van der Waals surface area contributed by atoms with Gasteiger partial charge in [-0.1, -0.05) is 0 Å². The summed E-state index contributed by atoms with van der Waals surface area (Å²) in [7, 11) is 0. The predicted molar refractivity (Wildman–Crippen MR) is 57.1 cm³/mol. The van der Waals surface area contributed by atoms with E-state index in [1.54, 1.807) is 6.92 Å². The first-order valence-electron chi connectivity index (χ1n) is 4.85. The fourth-order valence-corrected chi connectivity index (χ4v) is 1.29. The molecular weight excluding hydrogens is 229 g/mol. The third kappa shape index (κ3) is 3.53. The summed E-state index contributed by atoms with van der Waals surface area (Å²) in [6.07, 6.45) is 0. The first kappa shape index (κ1) is 13.1. The molecule has 17 heavy (non-hydrogen) atoms. The van der Waals surface area contributed by atoms with Crippen LogP contribution in [0, 0.1) is 12.7 Å². The number of aliphatic carboxylic acids is 1. The highest BCUT2D eigenvalue weighted by molar-refractivity contribution is 5.96. The largest absolute Gasteiger partial charge is 0.480 e. The molecule has 1 atom stereocenters. The van der Waals surface area contributed by atoms with E-state index in [4.69, 9.17) is 10.2 Å². The summed E-state index contributed by atoms with van der Waals surface area (Å²) in [6, 6.07) is 2.27. The van der Waals surface area contributed by atoms with Crippen molar-refractivity contribution >= 4 is 11.9 Å². The third-order valence-electron chi connectivity index (χ3n) is 2.09. The van der Waals surface area contributed by atoms with Gasteiger partial charge in [-0.05, 0) is 30.7 Å². The van der Waals surface area contributed by atoms with E-state index in [0.29, 0.717) is 5.56 Å². The van der Waals surface area contributed by atoms with Crippen molar-refractivity contribution in [2.75, 3.05) is 6.61 Å². The third-order valence-corrected chi connectivity index (χ3v) is 2.09. The van der Waals surface area contributed by atoms with E-state index >= 15 is 0 Å². The summed E-state index contributed by atoms with van der Waals surface area (Å²) >= 11 is 0. The lowest BCUT2D eigenvalue weighted by molar-refractivity contribution is -0.140. The fourth-order valence-electron chi connectivity index (χ4n) is 1.29. The maximum Gasteiger partial charge on any atom is 0.328 e. The molecule has 92 valence electrons. The number of rotatable bonds is 4. The molecule has 0 aliphatic carbocycles. The Bertz CT molecular complexity index is 427. The summed E-state index contributed by atoms with van der Waals surface area (Å²) in [5, 5.41) is 19.4. The summed E-state index contributed by atoms with van der Waals surface area (Å²) in [6.45, 7) is 0.885. The second-order valence-electron chi connectivity index (χ2n) is 3.56. The highest BCUT2D eigenvalue weighted by Gasteiger charge is 2.19. The molecule has 0 aliphatic rings. The van der Waals surface area contributed by atoms with Crippen molar-refractivity contribution in [1.82, 2.24) is 5.32 Å². The van der Waals surface area contributed by atoms with Gasteiger partial charge in [0.15, 0.2) is 6.04 Å². The molecule has 5 nitrogen and oxygen atoms in total. The molecule has 0 fully saturated rings. The molecule has 0 radical (unpaired) electrons. The van der Waals surface area contributed by atoms with Crippen molar-refractivity contribution in [2.45, 2.75) is 13.0 Å². The first-order chi connectivity index (χ1) is 7.93. The molecule has 0 saturated carbocycles. The fraction of sp³-hybridized carbons (Fsp3) is 0.273. The van der Waals surface area contributed by atoms with Crippen LogP contribution in [-0.2, 0) is 4.79 Å². The SMILES string of the molecule is Cc1cc(F)cc(C(=O)N[C@@H](CO)C(=O)O)c1. The van der Waals surface area contributed by atoms with E-state index < -0.39 is 30.3 Å². The van der Waals surface area contributed by atoms with Crippen LogP contribution in [0.25, 0.3) is 0 Å². The molecule has 1 rings (SSSR count). The minimum atomic E-state index is -1.40. The van der Waals surface area contributed by atoms with Crippen LogP contribution in [0.1, 0.15) is 15.9 Å². The minimum absolute atomic E-state index is 0.0159. The zero-order valence-corrected chi connectivity index (χ0v) is 9.11. The molecule has 1 aromatic carbocycles. The van der Waals surface area contributed by atoms with Crippen LogP contribution >= 0.6 is 0 Å². The summed E-state index contributed by atoms with van der Waals surface area (Å²) in [5.41, 5.74) is 0.563. The minimum Gasteiger partial charge on any atom is -0.480 e. The Kier molecular flexibility index (Phi) is 4.17. The van der Waals surface area contributed by atoms with Crippen LogP contribution in [-0.4, -0.2) is 34.7 Å². The second kappa shape index (κ2) is 5.40. The lowest BCUT2D eigenvalue weighted by Gasteiger charge is -2.11. The Morgan fingerprint density at radius 1 is 1.41 bits per heavy atom. The topological polar surface area (TPSA) is 86.6 Å². The lowest BCUT2D eigenvalue weighted by atomic mass is 10.1. The van der Waals surface area contributed by atoms with Gasteiger partial charge in [-0.15, -0.1) is 0 Å². The van der Waals surface area contributed by atoms with Gasteiger partial charge in [0.05, 0.1) is 6.61 Å². The van der Waals surface area contributed by atoms with Gasteiger partial charge < -0.3 is 15.5 Å². The number of carbonyl (C=O) groups excluding carboxylic acids is 1. The number of benzene rings is 1. The van der Waals surface area contributed by atoms with Crippen molar-refractivity contribution in [3.63, 3.8) is 0 Å². The summed E-state index contributed by atoms with van der Waals surface area (Å²) in [4.78, 5) is 22.2. The number of amides is 1. The van der Waals surface area contributed by atoms with Crippen LogP contribution in [0.3, 0.4) is 0 Å².